The van der Waals surface area contributed by atoms with Crippen molar-refractivity contribution in [3.63, 3.8) is 0 Å². The van der Waals surface area contributed by atoms with Gasteiger partial charge in [-0.1, -0.05) is 11.6 Å². The second kappa shape index (κ2) is 4.25. The van der Waals surface area contributed by atoms with Crippen molar-refractivity contribution in [2.24, 2.45) is 0 Å². The van der Waals surface area contributed by atoms with E-state index < -0.39 is 0 Å². The van der Waals surface area contributed by atoms with Gasteiger partial charge in [0.25, 0.3) is 0 Å². The van der Waals surface area contributed by atoms with Crippen molar-refractivity contribution in [1.82, 2.24) is 15.4 Å². The molecule has 0 saturated carbocycles. The quantitative estimate of drug-likeness (QED) is 0.448. The first-order chi connectivity index (χ1) is 6.08. The molecule has 0 radical (unpaired) electrons. The Labute approximate surface area is 84.4 Å². The third-order valence-electron chi connectivity index (χ3n) is 1.03. The zero-order valence-corrected chi connectivity index (χ0v) is 8.15. The Kier molecular flexibility index (Phi) is 3.27. The minimum atomic E-state index is -0.245. The number of hydrogen-bond donors (Lipinski definition) is 2. The van der Waals surface area contributed by atoms with Crippen LogP contribution in [0, 0.1) is 0 Å². The number of carbonyl (C=O) groups excluding carboxylic acids is 1. The predicted molar refractivity (Wildman–Crippen MR) is 49.5 cm³/mol. The summed E-state index contributed by atoms with van der Waals surface area (Å²) < 4.78 is 0. The highest BCUT2D eigenvalue weighted by atomic mass is 35.5. The number of anilines is 1. The lowest BCUT2D eigenvalue weighted by Crippen LogP contribution is -2.27. The SMILES string of the molecule is CC(=O)NNc1cc(Cl)nc(Cl)n1. The summed E-state index contributed by atoms with van der Waals surface area (Å²) in [5.41, 5.74) is 4.83. The molecule has 1 heterocycles. The van der Waals surface area contributed by atoms with Gasteiger partial charge >= 0.3 is 0 Å². The zero-order valence-electron chi connectivity index (χ0n) is 6.64. The van der Waals surface area contributed by atoms with E-state index in [4.69, 9.17) is 23.2 Å². The average molecular weight is 221 g/mol. The fourth-order valence-electron chi connectivity index (χ4n) is 0.606. The Morgan fingerprint density at radius 3 is 2.69 bits per heavy atom. The van der Waals surface area contributed by atoms with Gasteiger partial charge in [-0.25, -0.2) is 4.98 Å². The molecule has 0 atom stereocenters. The summed E-state index contributed by atoms with van der Waals surface area (Å²) in [6, 6.07) is 1.43. The van der Waals surface area contributed by atoms with Gasteiger partial charge in [-0.2, -0.15) is 4.98 Å². The Hall–Kier alpha value is -1.07. The molecule has 0 bridgehead atoms. The van der Waals surface area contributed by atoms with Crippen LogP contribution in [-0.4, -0.2) is 15.9 Å². The molecule has 0 aromatic carbocycles. The molecule has 0 fully saturated rings. The van der Waals surface area contributed by atoms with E-state index in [1.807, 2.05) is 0 Å². The van der Waals surface area contributed by atoms with E-state index in [2.05, 4.69) is 20.8 Å². The summed E-state index contributed by atoms with van der Waals surface area (Å²) in [4.78, 5) is 17.9. The van der Waals surface area contributed by atoms with Crippen LogP contribution in [0.2, 0.25) is 10.4 Å². The smallest absolute Gasteiger partial charge is 0.235 e. The Morgan fingerprint density at radius 1 is 1.46 bits per heavy atom. The molecule has 2 N–H and O–H groups in total. The van der Waals surface area contributed by atoms with Gasteiger partial charge in [0.2, 0.25) is 11.2 Å². The van der Waals surface area contributed by atoms with E-state index in [0.717, 1.165) is 0 Å². The first-order valence-corrected chi connectivity index (χ1v) is 4.06. The third-order valence-corrected chi connectivity index (χ3v) is 1.40. The second-order valence-electron chi connectivity index (χ2n) is 2.15. The van der Waals surface area contributed by atoms with Gasteiger partial charge in [0.15, 0.2) is 5.82 Å². The Bertz CT molecular complexity index is 310. The molecule has 0 unspecified atom stereocenters. The predicted octanol–water partition coefficient (Wildman–Crippen LogP) is 1.25. The number of rotatable bonds is 2. The minimum Gasteiger partial charge on any atom is -0.282 e. The first-order valence-electron chi connectivity index (χ1n) is 3.30. The molecule has 70 valence electrons. The van der Waals surface area contributed by atoms with Crippen molar-refractivity contribution in [3.8, 4) is 0 Å². The van der Waals surface area contributed by atoms with Crippen LogP contribution in [0.3, 0.4) is 0 Å². The molecular formula is C6H6Cl2N4O. The highest BCUT2D eigenvalue weighted by Gasteiger charge is 2.00. The van der Waals surface area contributed by atoms with Crippen molar-refractivity contribution in [2.75, 3.05) is 5.43 Å². The molecular weight excluding hydrogens is 215 g/mol. The van der Waals surface area contributed by atoms with Crippen molar-refractivity contribution < 1.29 is 4.79 Å². The van der Waals surface area contributed by atoms with Gasteiger partial charge in [0.05, 0.1) is 0 Å². The summed E-state index contributed by atoms with van der Waals surface area (Å²) in [7, 11) is 0. The minimum absolute atomic E-state index is 0.0142. The Morgan fingerprint density at radius 2 is 2.15 bits per heavy atom. The average Bonchev–Trinajstić information content (AvgIpc) is 1.99. The number of nitrogens with one attached hydrogen (secondary N) is 2. The fourth-order valence-corrected chi connectivity index (χ4v) is 1.01. The summed E-state index contributed by atoms with van der Waals surface area (Å²) in [5.74, 6) is 0.0889. The number of carbonyl (C=O) groups is 1. The van der Waals surface area contributed by atoms with Crippen LogP contribution in [0.1, 0.15) is 6.92 Å². The van der Waals surface area contributed by atoms with Crippen molar-refractivity contribution in [1.29, 1.82) is 0 Å². The van der Waals surface area contributed by atoms with Crippen LogP contribution in [0.15, 0.2) is 6.07 Å². The van der Waals surface area contributed by atoms with E-state index in [-0.39, 0.29) is 16.3 Å². The van der Waals surface area contributed by atoms with E-state index in [0.29, 0.717) is 5.82 Å². The number of hydrazine groups is 1. The third kappa shape index (κ3) is 3.43. The summed E-state index contributed by atoms with van der Waals surface area (Å²) in [6.45, 7) is 1.36. The fraction of sp³-hybridized carbons (Fsp3) is 0.167. The lowest BCUT2D eigenvalue weighted by atomic mass is 10.6. The number of amides is 1. The van der Waals surface area contributed by atoms with Crippen LogP contribution >= 0.6 is 23.2 Å². The number of nitrogens with zero attached hydrogens (tertiary/aromatic N) is 2. The number of halogens is 2. The van der Waals surface area contributed by atoms with Gasteiger partial charge in [-0.15, -0.1) is 0 Å². The number of hydrogen-bond acceptors (Lipinski definition) is 4. The maximum Gasteiger partial charge on any atom is 0.235 e. The molecule has 13 heavy (non-hydrogen) atoms. The second-order valence-corrected chi connectivity index (χ2v) is 2.88. The van der Waals surface area contributed by atoms with Crippen LogP contribution in [0.5, 0.6) is 0 Å². The van der Waals surface area contributed by atoms with E-state index in [9.17, 15) is 4.79 Å². The maximum absolute atomic E-state index is 10.5. The molecule has 1 aromatic heterocycles. The first kappa shape index (κ1) is 10.0. The highest BCUT2D eigenvalue weighted by molar-refractivity contribution is 6.32. The summed E-state index contributed by atoms with van der Waals surface area (Å²) in [5, 5.41) is 0.216. The molecule has 0 saturated heterocycles. The van der Waals surface area contributed by atoms with Gasteiger partial charge < -0.3 is 0 Å². The molecule has 0 aliphatic carbocycles. The normalized spacial score (nSPS) is 9.46. The van der Waals surface area contributed by atoms with Crippen LogP contribution in [-0.2, 0) is 4.79 Å². The zero-order chi connectivity index (χ0) is 9.84. The monoisotopic (exact) mass is 220 g/mol. The molecule has 0 aliphatic heterocycles. The van der Waals surface area contributed by atoms with E-state index in [1.165, 1.54) is 13.0 Å². The van der Waals surface area contributed by atoms with Crippen LogP contribution in [0.25, 0.3) is 0 Å². The lowest BCUT2D eigenvalue weighted by Gasteiger charge is -2.04. The topological polar surface area (TPSA) is 66.9 Å². The van der Waals surface area contributed by atoms with Crippen molar-refractivity contribution >= 4 is 34.9 Å². The maximum atomic E-state index is 10.5. The lowest BCUT2D eigenvalue weighted by molar-refractivity contribution is -0.118. The highest BCUT2D eigenvalue weighted by Crippen LogP contribution is 2.13. The van der Waals surface area contributed by atoms with Crippen LogP contribution < -0.4 is 10.9 Å². The van der Waals surface area contributed by atoms with Crippen molar-refractivity contribution in [3.05, 3.63) is 16.5 Å². The largest absolute Gasteiger partial charge is 0.282 e. The molecule has 5 nitrogen and oxygen atoms in total. The van der Waals surface area contributed by atoms with E-state index in [1.54, 1.807) is 0 Å². The van der Waals surface area contributed by atoms with Gasteiger partial charge in [-0.05, 0) is 11.6 Å². The summed E-state index contributed by atoms with van der Waals surface area (Å²) >= 11 is 11.1. The van der Waals surface area contributed by atoms with Gasteiger partial charge in [0, 0.05) is 13.0 Å². The summed E-state index contributed by atoms with van der Waals surface area (Å²) in [6.07, 6.45) is 0. The van der Waals surface area contributed by atoms with Crippen LogP contribution in [0.4, 0.5) is 5.82 Å². The molecule has 7 heteroatoms. The number of aromatic nitrogens is 2. The molecule has 1 aromatic rings. The van der Waals surface area contributed by atoms with Crippen molar-refractivity contribution in [2.45, 2.75) is 6.92 Å². The molecule has 0 spiro atoms. The molecule has 1 rings (SSSR count). The molecule has 0 aliphatic rings. The standard InChI is InChI=1S/C6H6Cl2N4O/c1-3(13)11-12-5-2-4(7)9-6(8)10-5/h2H,1H3,(H,11,13)(H,9,10,12). The molecule has 1 amide bonds. The van der Waals surface area contributed by atoms with E-state index >= 15 is 0 Å². The van der Waals surface area contributed by atoms with Gasteiger partial charge in [-0.3, -0.25) is 15.6 Å². The Balaban J connectivity index is 2.71. The van der Waals surface area contributed by atoms with Gasteiger partial charge in [0.1, 0.15) is 5.15 Å².